The predicted octanol–water partition coefficient (Wildman–Crippen LogP) is 6.91. The molecule has 0 N–H and O–H groups in total. The lowest BCUT2D eigenvalue weighted by Crippen LogP contribution is -2.32. The molecule has 0 saturated carbocycles. The molecule has 0 aliphatic heterocycles. The average molecular weight is 380 g/mol. The number of unbranched alkanes of at least 4 members (excludes halogenated alkanes) is 3. The maximum absolute atomic E-state index is 6.20. The molecule has 0 aromatic heterocycles. The molecule has 2 rings (SSSR count). The number of aryl methyl sites for hydroxylation is 1. The van der Waals surface area contributed by atoms with E-state index in [-0.39, 0.29) is 0 Å². The smallest absolute Gasteiger partial charge is 0.248 e. The van der Waals surface area contributed by atoms with Gasteiger partial charge in [-0.05, 0) is 54.4 Å². The van der Waals surface area contributed by atoms with Gasteiger partial charge in [-0.25, -0.2) is 0 Å². The van der Waals surface area contributed by atoms with Crippen molar-refractivity contribution in [2.45, 2.75) is 84.2 Å². The van der Waals surface area contributed by atoms with E-state index in [0.29, 0.717) is 0 Å². The Hall–Kier alpha value is -1.38. The highest BCUT2D eigenvalue weighted by Gasteiger charge is 2.35. The molecule has 27 heavy (non-hydrogen) atoms. The molecule has 0 aliphatic rings. The van der Waals surface area contributed by atoms with E-state index in [1.54, 1.807) is 0 Å². The average Bonchev–Trinajstić information content (AvgIpc) is 2.73. The topological polar surface area (TPSA) is 9.23 Å². The second-order valence-corrected chi connectivity index (χ2v) is 7.75. The van der Waals surface area contributed by atoms with Gasteiger partial charge in [-0.1, -0.05) is 95.0 Å². The molecule has 3 radical (unpaired) electrons. The molecule has 2 aromatic rings. The van der Waals surface area contributed by atoms with E-state index in [1.807, 2.05) is 0 Å². The van der Waals surface area contributed by atoms with Crippen molar-refractivity contribution >= 4 is 10.5 Å². The van der Waals surface area contributed by atoms with Gasteiger partial charge in [-0.15, -0.1) is 0 Å². The van der Waals surface area contributed by atoms with Gasteiger partial charge in [0.15, 0.2) is 0 Å². The van der Waals surface area contributed by atoms with Crippen molar-refractivity contribution in [3.05, 3.63) is 70.8 Å². The molecular formula is C25H35OSi. The van der Waals surface area contributed by atoms with E-state index in [9.17, 15) is 0 Å². The van der Waals surface area contributed by atoms with E-state index in [1.165, 1.54) is 47.9 Å². The predicted molar refractivity (Wildman–Crippen MR) is 117 cm³/mol. The van der Waals surface area contributed by atoms with Crippen LogP contribution in [0.3, 0.4) is 0 Å². The first-order chi connectivity index (χ1) is 13.2. The summed E-state index contributed by atoms with van der Waals surface area (Å²) in [5, 5.41) is 0. The lowest BCUT2D eigenvalue weighted by atomic mass is 9.77. The van der Waals surface area contributed by atoms with Crippen molar-refractivity contribution in [1.29, 1.82) is 0 Å². The van der Waals surface area contributed by atoms with E-state index in [2.05, 4.69) is 79.8 Å². The Labute approximate surface area is 170 Å². The molecule has 1 unspecified atom stereocenters. The van der Waals surface area contributed by atoms with Crippen LogP contribution in [-0.2, 0) is 22.9 Å². The zero-order chi connectivity index (χ0) is 19.5. The van der Waals surface area contributed by atoms with Gasteiger partial charge < -0.3 is 4.43 Å². The number of rotatable bonds is 12. The molecule has 0 bridgehead atoms. The maximum atomic E-state index is 6.20. The number of benzene rings is 2. The van der Waals surface area contributed by atoms with Crippen LogP contribution in [-0.4, -0.2) is 10.5 Å². The summed E-state index contributed by atoms with van der Waals surface area (Å²) in [6, 6.07) is 17.6. The second kappa shape index (κ2) is 11.5. The lowest BCUT2D eigenvalue weighted by molar-refractivity contribution is 0.110. The summed E-state index contributed by atoms with van der Waals surface area (Å²) in [5.74, 6) is 0. The van der Waals surface area contributed by atoms with Gasteiger partial charge in [-0.2, -0.15) is 0 Å². The minimum atomic E-state index is -0.431. The number of hydrogen-bond donors (Lipinski definition) is 0. The van der Waals surface area contributed by atoms with Gasteiger partial charge in [0, 0.05) is 0 Å². The molecule has 0 spiro atoms. The Balaban J connectivity index is 2.62. The van der Waals surface area contributed by atoms with Gasteiger partial charge in [-0.3, -0.25) is 0 Å². The van der Waals surface area contributed by atoms with Gasteiger partial charge in [0.25, 0.3) is 0 Å². The summed E-state index contributed by atoms with van der Waals surface area (Å²) in [5.41, 5.74) is 5.16. The van der Waals surface area contributed by atoms with Gasteiger partial charge in [0.2, 0.25) is 10.5 Å². The SMILES string of the molecule is CCCCc1cccc(C(CCCC)(O[Si])c2ccccc2)c1CCCC. The fraction of sp³-hybridized carbons (Fsp3) is 0.520. The molecule has 0 aliphatic carbocycles. The first kappa shape index (κ1) is 21.9. The molecular weight excluding hydrogens is 344 g/mol. The Morgan fingerprint density at radius 2 is 1.44 bits per heavy atom. The fourth-order valence-electron chi connectivity index (χ4n) is 4.00. The minimum Gasteiger partial charge on any atom is -0.405 e. The molecule has 0 amide bonds. The second-order valence-electron chi connectivity index (χ2n) is 7.55. The van der Waals surface area contributed by atoms with Crippen LogP contribution >= 0.6 is 0 Å². The quantitative estimate of drug-likeness (QED) is 0.364. The first-order valence-corrected chi connectivity index (χ1v) is 11.2. The van der Waals surface area contributed by atoms with Crippen molar-refractivity contribution in [2.24, 2.45) is 0 Å². The normalized spacial score (nSPS) is 13.5. The largest absolute Gasteiger partial charge is 0.405 e. The van der Waals surface area contributed by atoms with Crippen LogP contribution in [0.1, 0.15) is 88.0 Å². The zero-order valence-corrected chi connectivity index (χ0v) is 18.4. The van der Waals surface area contributed by atoms with E-state index in [0.717, 1.165) is 32.1 Å². The molecule has 0 saturated heterocycles. The third kappa shape index (κ3) is 5.33. The summed E-state index contributed by atoms with van der Waals surface area (Å²) in [4.78, 5) is 0. The van der Waals surface area contributed by atoms with E-state index < -0.39 is 5.60 Å². The zero-order valence-electron chi connectivity index (χ0n) is 17.4. The lowest BCUT2D eigenvalue weighted by Gasteiger charge is -2.37. The third-order valence-corrected chi connectivity index (χ3v) is 5.93. The van der Waals surface area contributed by atoms with Crippen LogP contribution < -0.4 is 0 Å². The third-order valence-electron chi connectivity index (χ3n) is 5.58. The summed E-state index contributed by atoms with van der Waals surface area (Å²) in [6.45, 7) is 6.79. The monoisotopic (exact) mass is 379 g/mol. The molecule has 0 fully saturated rings. The van der Waals surface area contributed by atoms with Gasteiger partial charge in [0.1, 0.15) is 5.60 Å². The minimum absolute atomic E-state index is 0.431. The highest BCUT2D eigenvalue weighted by Crippen LogP contribution is 2.41. The Bertz CT molecular complexity index is 667. The van der Waals surface area contributed by atoms with Gasteiger partial charge in [0.05, 0.1) is 0 Å². The maximum Gasteiger partial charge on any atom is 0.248 e. The summed E-state index contributed by atoms with van der Waals surface area (Å²) in [6.07, 6.45) is 10.4. The van der Waals surface area contributed by atoms with Crippen molar-refractivity contribution < 1.29 is 4.43 Å². The van der Waals surface area contributed by atoms with Crippen LogP contribution in [0.5, 0.6) is 0 Å². The Morgan fingerprint density at radius 1 is 0.778 bits per heavy atom. The molecule has 1 nitrogen and oxygen atoms in total. The highest BCUT2D eigenvalue weighted by molar-refractivity contribution is 5.98. The molecule has 2 aromatic carbocycles. The molecule has 145 valence electrons. The van der Waals surface area contributed by atoms with Crippen LogP contribution in [0.25, 0.3) is 0 Å². The van der Waals surface area contributed by atoms with Crippen molar-refractivity contribution in [2.75, 3.05) is 0 Å². The Morgan fingerprint density at radius 3 is 2.07 bits per heavy atom. The van der Waals surface area contributed by atoms with Crippen LogP contribution in [0.4, 0.5) is 0 Å². The molecule has 0 heterocycles. The molecule has 2 heteroatoms. The van der Waals surface area contributed by atoms with Gasteiger partial charge >= 0.3 is 0 Å². The highest BCUT2D eigenvalue weighted by atomic mass is 28.2. The first-order valence-electron chi connectivity index (χ1n) is 10.7. The van der Waals surface area contributed by atoms with Crippen LogP contribution in [0, 0.1) is 0 Å². The standard InChI is InChI=1S/C25H35OSi/c1-4-7-14-21-15-13-19-24(23(21)18-8-5-2)25(26-27,20-9-6-3)22-16-11-10-12-17-22/h10-13,15-17,19H,4-9,14,18,20H2,1-3H3. The van der Waals surface area contributed by atoms with E-state index >= 15 is 0 Å². The summed E-state index contributed by atoms with van der Waals surface area (Å²) < 4.78 is 6.20. The van der Waals surface area contributed by atoms with Crippen molar-refractivity contribution in [3.63, 3.8) is 0 Å². The van der Waals surface area contributed by atoms with Crippen molar-refractivity contribution in [1.82, 2.24) is 0 Å². The van der Waals surface area contributed by atoms with Crippen molar-refractivity contribution in [3.8, 4) is 0 Å². The molecule has 1 atom stereocenters. The Kier molecular flexibility index (Phi) is 9.30. The summed E-state index contributed by atoms with van der Waals surface area (Å²) >= 11 is 0. The number of hydrogen-bond acceptors (Lipinski definition) is 1. The van der Waals surface area contributed by atoms with Crippen LogP contribution in [0.2, 0.25) is 0 Å². The fourth-order valence-corrected chi connectivity index (χ4v) is 4.33. The summed E-state index contributed by atoms with van der Waals surface area (Å²) in [7, 11) is 3.51. The van der Waals surface area contributed by atoms with E-state index in [4.69, 9.17) is 4.43 Å². The van der Waals surface area contributed by atoms with Crippen LogP contribution in [0.15, 0.2) is 48.5 Å².